The first kappa shape index (κ1) is 45.1. The number of carbonyl (C=O) groups excluding carboxylic acids is 3. The summed E-state index contributed by atoms with van der Waals surface area (Å²) in [6.07, 6.45) is -4.13. The van der Waals surface area contributed by atoms with E-state index in [0.29, 0.717) is 6.42 Å². The molecule has 0 unspecified atom stereocenters. The number of cyclic esters (lactones) is 1. The van der Waals surface area contributed by atoms with Crippen molar-refractivity contribution in [3.8, 4) is 0 Å². The van der Waals surface area contributed by atoms with Crippen LogP contribution in [-0.2, 0) is 47.5 Å². The average Bonchev–Trinajstić information content (AvgIpc) is 3.07. The van der Waals surface area contributed by atoms with E-state index in [1.54, 1.807) is 64.9 Å². The molecular weight excluding hydrogens is 694 g/mol. The molecule has 3 aliphatic heterocycles. The highest BCUT2D eigenvalue weighted by molar-refractivity contribution is 5.72. The molecule has 0 spiro atoms. The van der Waals surface area contributed by atoms with Crippen molar-refractivity contribution in [2.75, 3.05) is 21.2 Å². The lowest BCUT2D eigenvalue weighted by Crippen LogP contribution is -2.65. The summed E-state index contributed by atoms with van der Waals surface area (Å²) in [4.78, 5) is 40.0. The van der Waals surface area contributed by atoms with Crippen LogP contribution in [0.1, 0.15) is 80.1 Å². The maximum absolute atomic E-state index is 13.3. The van der Waals surface area contributed by atoms with E-state index in [9.17, 15) is 34.8 Å². The molecule has 0 saturated carbocycles. The van der Waals surface area contributed by atoms with E-state index in [-0.39, 0.29) is 32.1 Å². The minimum atomic E-state index is -1.48. The van der Waals surface area contributed by atoms with Crippen LogP contribution in [0.3, 0.4) is 0 Å². The van der Waals surface area contributed by atoms with Gasteiger partial charge in [0, 0.05) is 32.8 Å². The van der Waals surface area contributed by atoms with Crippen LogP contribution in [0.25, 0.3) is 0 Å². The summed E-state index contributed by atoms with van der Waals surface area (Å²) in [7, 11) is 4.87. The zero-order chi connectivity index (χ0) is 39.6. The standard InChI is InChI=1S/C38H63NO14/c1-10-28(42)51-27-19-29(43)48-22(3)14-12-11-13-15-26(41)21(2)18-25(16-17-40)34(35(27)47-9)53-37-32(44)31(39(7)8)33(23(4)50-37)52-30-20-38(6,46)36(45)24(5)49-30/h11-13,15,17,21-27,30-37,41,44-46H,10,14,16,18-20H2,1-9H3/b12-11+,15-13+/t21-,22-,23-,24+,25+,26+,27+,30+,31-,32-,33-,34+,35+,36+,37+,38-/m1/s1. The zero-order valence-corrected chi connectivity index (χ0v) is 32.6. The third-order valence-corrected chi connectivity index (χ3v) is 10.4. The molecule has 15 nitrogen and oxygen atoms in total. The number of rotatable bonds is 10. The molecule has 3 aliphatic rings. The number of nitrogens with zero attached hydrogens (tertiary/aromatic N) is 1. The minimum absolute atomic E-state index is 0.00772. The highest BCUT2D eigenvalue weighted by Crippen LogP contribution is 2.37. The number of aliphatic hydroxyl groups excluding tert-OH is 3. The number of hydrogen-bond acceptors (Lipinski definition) is 15. The lowest BCUT2D eigenvalue weighted by atomic mass is 9.82. The Bertz CT molecular complexity index is 1230. The van der Waals surface area contributed by atoms with Crippen LogP contribution >= 0.6 is 0 Å². The van der Waals surface area contributed by atoms with E-state index in [4.69, 9.17) is 33.2 Å². The summed E-state index contributed by atoms with van der Waals surface area (Å²) < 4.78 is 42.6. The van der Waals surface area contributed by atoms with Crippen molar-refractivity contribution in [1.29, 1.82) is 0 Å². The summed E-state index contributed by atoms with van der Waals surface area (Å²) in [5.41, 5.74) is -1.48. The Kier molecular flexibility index (Phi) is 17.5. The second-order valence-corrected chi connectivity index (χ2v) is 15.1. The van der Waals surface area contributed by atoms with Crippen LogP contribution in [0.4, 0.5) is 0 Å². The Morgan fingerprint density at radius 1 is 1.04 bits per heavy atom. The van der Waals surface area contributed by atoms with E-state index < -0.39 is 109 Å². The molecule has 3 rings (SSSR count). The monoisotopic (exact) mass is 757 g/mol. The van der Waals surface area contributed by atoms with E-state index in [2.05, 4.69) is 0 Å². The molecule has 3 heterocycles. The Hall–Kier alpha value is -2.31. The Labute approximate surface area is 313 Å². The molecule has 15 heteroatoms. The van der Waals surface area contributed by atoms with Crippen molar-refractivity contribution < 1.29 is 68.0 Å². The summed E-state index contributed by atoms with van der Waals surface area (Å²) in [5.74, 6) is -2.31. The van der Waals surface area contributed by atoms with Crippen molar-refractivity contribution in [3.63, 3.8) is 0 Å². The quantitative estimate of drug-likeness (QED) is 0.186. The molecule has 4 N–H and O–H groups in total. The number of esters is 2. The molecule has 16 atom stereocenters. The molecule has 0 aromatic carbocycles. The van der Waals surface area contributed by atoms with Gasteiger partial charge in [0.15, 0.2) is 12.6 Å². The fourth-order valence-electron chi connectivity index (χ4n) is 7.38. The summed E-state index contributed by atoms with van der Waals surface area (Å²) >= 11 is 0. The van der Waals surface area contributed by atoms with Crippen LogP contribution in [0, 0.1) is 11.8 Å². The topological polar surface area (TPSA) is 200 Å². The van der Waals surface area contributed by atoms with Gasteiger partial charge in [-0.2, -0.15) is 0 Å². The number of allylic oxidation sites excluding steroid dienone is 2. The van der Waals surface area contributed by atoms with E-state index in [0.717, 1.165) is 6.29 Å². The smallest absolute Gasteiger partial charge is 0.309 e. The third-order valence-electron chi connectivity index (χ3n) is 10.4. The molecule has 0 amide bonds. The van der Waals surface area contributed by atoms with E-state index in [1.807, 2.05) is 13.0 Å². The molecular formula is C38H63NO14. The van der Waals surface area contributed by atoms with Crippen LogP contribution < -0.4 is 0 Å². The van der Waals surface area contributed by atoms with Gasteiger partial charge in [0.2, 0.25) is 0 Å². The predicted molar refractivity (Wildman–Crippen MR) is 191 cm³/mol. The Morgan fingerprint density at radius 2 is 1.74 bits per heavy atom. The van der Waals surface area contributed by atoms with Gasteiger partial charge in [-0.3, -0.25) is 9.59 Å². The van der Waals surface area contributed by atoms with Gasteiger partial charge in [-0.05, 0) is 60.0 Å². The van der Waals surface area contributed by atoms with Crippen LogP contribution in [0.2, 0.25) is 0 Å². The molecule has 0 radical (unpaired) electrons. The molecule has 0 aromatic rings. The number of aliphatic hydroxyl groups is 4. The first-order chi connectivity index (χ1) is 24.9. The molecule has 0 bridgehead atoms. The SMILES string of the molecule is CCC(=O)O[C@H]1CC(=O)O[C@H](C)C/C=C/C=C/[C@H](O)[C@H](C)C[C@H](CC=O)[C@H](O[C@@H]2O[C@H](C)[C@@H](O[C@H]3C[C@@](C)(O)[C@@H](O)[C@H](C)O3)[C@H](N(C)C)[C@H]2O)[C@H]1OC. The zero-order valence-electron chi connectivity index (χ0n) is 32.6. The summed E-state index contributed by atoms with van der Waals surface area (Å²) in [5, 5.41) is 44.2. The fourth-order valence-corrected chi connectivity index (χ4v) is 7.38. The average molecular weight is 758 g/mol. The maximum atomic E-state index is 13.3. The van der Waals surface area contributed by atoms with Crippen LogP contribution in [0.15, 0.2) is 24.3 Å². The van der Waals surface area contributed by atoms with Crippen molar-refractivity contribution >= 4 is 18.2 Å². The number of ether oxygens (including phenoxy) is 7. The van der Waals surface area contributed by atoms with Gasteiger partial charge in [-0.25, -0.2) is 0 Å². The second-order valence-electron chi connectivity index (χ2n) is 15.1. The summed E-state index contributed by atoms with van der Waals surface area (Å²) in [6, 6.07) is -0.750. The molecule has 2 saturated heterocycles. The first-order valence-corrected chi connectivity index (χ1v) is 18.7. The van der Waals surface area contributed by atoms with Gasteiger partial charge in [0.05, 0.1) is 42.5 Å². The van der Waals surface area contributed by atoms with Crippen molar-refractivity contribution in [2.24, 2.45) is 11.8 Å². The molecule has 304 valence electrons. The van der Waals surface area contributed by atoms with Gasteiger partial charge < -0.3 is 63.3 Å². The largest absolute Gasteiger partial charge is 0.462 e. The minimum Gasteiger partial charge on any atom is -0.462 e. The number of likely N-dealkylation sites (N-methyl/N-ethyl adjacent to an activating group) is 1. The maximum Gasteiger partial charge on any atom is 0.309 e. The van der Waals surface area contributed by atoms with Crippen molar-refractivity contribution in [1.82, 2.24) is 4.90 Å². The van der Waals surface area contributed by atoms with Gasteiger partial charge in [0.1, 0.15) is 42.9 Å². The van der Waals surface area contributed by atoms with Gasteiger partial charge in [0.25, 0.3) is 0 Å². The Balaban J connectivity index is 2.04. The molecule has 0 aliphatic carbocycles. The number of aldehydes is 1. The van der Waals surface area contributed by atoms with E-state index in [1.165, 1.54) is 14.0 Å². The lowest BCUT2D eigenvalue weighted by Gasteiger charge is -2.50. The van der Waals surface area contributed by atoms with Crippen molar-refractivity contribution in [2.45, 2.75) is 165 Å². The highest BCUT2D eigenvalue weighted by Gasteiger charge is 2.52. The van der Waals surface area contributed by atoms with E-state index >= 15 is 0 Å². The van der Waals surface area contributed by atoms with Gasteiger partial charge in [-0.15, -0.1) is 0 Å². The fraction of sp³-hybridized carbons (Fsp3) is 0.816. The molecule has 2 fully saturated rings. The molecule has 53 heavy (non-hydrogen) atoms. The normalized spacial score (nSPS) is 43.4. The summed E-state index contributed by atoms with van der Waals surface area (Å²) in [6.45, 7) is 10.0. The first-order valence-electron chi connectivity index (χ1n) is 18.7. The molecule has 0 aromatic heterocycles. The van der Waals surface area contributed by atoms with Gasteiger partial charge >= 0.3 is 11.9 Å². The van der Waals surface area contributed by atoms with Gasteiger partial charge in [-0.1, -0.05) is 38.2 Å². The van der Waals surface area contributed by atoms with Crippen molar-refractivity contribution in [3.05, 3.63) is 24.3 Å². The highest BCUT2D eigenvalue weighted by atomic mass is 16.7. The predicted octanol–water partition coefficient (Wildman–Crippen LogP) is 1.81. The third kappa shape index (κ3) is 12.3. The second kappa shape index (κ2) is 20.6. The number of methoxy groups -OCH3 is 1. The van der Waals surface area contributed by atoms with Crippen LogP contribution in [0.5, 0.6) is 0 Å². The Morgan fingerprint density at radius 3 is 2.34 bits per heavy atom. The lowest BCUT2D eigenvalue weighted by molar-refractivity contribution is -0.344. The van der Waals surface area contributed by atoms with Crippen LogP contribution in [-0.4, -0.2) is 150 Å². The number of hydrogen-bond donors (Lipinski definition) is 4. The number of carbonyl (C=O) groups is 3.